The molecule has 0 fully saturated rings. The first kappa shape index (κ1) is 14.4. The first-order valence-electron chi connectivity index (χ1n) is 4.76. The topological polar surface area (TPSA) is 38.9 Å². The summed E-state index contributed by atoms with van der Waals surface area (Å²) in [7, 11) is 0. The molecule has 3 nitrogen and oxygen atoms in total. The van der Waals surface area contributed by atoms with Gasteiger partial charge >= 0.3 is 6.18 Å². The lowest BCUT2D eigenvalue weighted by molar-refractivity contribution is -0.137. The van der Waals surface area contributed by atoms with Gasteiger partial charge in [-0.25, -0.2) is 0 Å². The van der Waals surface area contributed by atoms with Gasteiger partial charge in [0.25, 0.3) is 9.68 Å². The molecule has 0 radical (unpaired) electrons. The van der Waals surface area contributed by atoms with E-state index >= 15 is 0 Å². The molecule has 0 saturated carbocycles. The molecule has 9 heteroatoms. The molecular formula is C10H4Cl3F3N2O. The Kier molecular flexibility index (Phi) is 3.68. The SMILES string of the molecule is FC(F)(F)c1ccc(-c2nc(C(Cl)(Cl)Cl)no2)cc1. The van der Waals surface area contributed by atoms with Crippen molar-refractivity contribution in [3.63, 3.8) is 0 Å². The smallest absolute Gasteiger partial charge is 0.334 e. The number of hydrogen-bond donors (Lipinski definition) is 0. The Morgan fingerprint density at radius 1 is 1.00 bits per heavy atom. The van der Waals surface area contributed by atoms with Gasteiger partial charge in [0, 0.05) is 5.56 Å². The Labute approximate surface area is 120 Å². The van der Waals surface area contributed by atoms with Gasteiger partial charge in [0.1, 0.15) is 0 Å². The average molecular weight is 332 g/mol. The third-order valence-corrected chi connectivity index (χ3v) is 2.65. The predicted molar refractivity (Wildman–Crippen MR) is 64.0 cm³/mol. The molecule has 0 aliphatic carbocycles. The van der Waals surface area contributed by atoms with Crippen molar-refractivity contribution < 1.29 is 17.7 Å². The van der Waals surface area contributed by atoms with Gasteiger partial charge in [0.05, 0.1) is 5.56 Å². The molecule has 1 heterocycles. The van der Waals surface area contributed by atoms with E-state index in [1.54, 1.807) is 0 Å². The lowest BCUT2D eigenvalue weighted by Crippen LogP contribution is -2.04. The molecule has 19 heavy (non-hydrogen) atoms. The molecule has 0 amide bonds. The second-order valence-corrected chi connectivity index (χ2v) is 5.78. The molecule has 0 aliphatic rings. The maximum absolute atomic E-state index is 12.4. The van der Waals surface area contributed by atoms with Gasteiger partial charge in [0.15, 0.2) is 0 Å². The van der Waals surface area contributed by atoms with Gasteiger partial charge < -0.3 is 4.52 Å². The highest BCUT2D eigenvalue weighted by atomic mass is 35.6. The van der Waals surface area contributed by atoms with E-state index in [9.17, 15) is 13.2 Å². The molecule has 0 atom stereocenters. The average Bonchev–Trinajstić information content (AvgIpc) is 2.77. The first-order chi connectivity index (χ1) is 8.68. The Balaban J connectivity index is 2.31. The van der Waals surface area contributed by atoms with Crippen LogP contribution < -0.4 is 0 Å². The predicted octanol–water partition coefficient (Wildman–Crippen LogP) is 4.58. The minimum Gasteiger partial charge on any atom is -0.334 e. The van der Waals surface area contributed by atoms with Crippen LogP contribution in [-0.4, -0.2) is 10.1 Å². The largest absolute Gasteiger partial charge is 0.416 e. The van der Waals surface area contributed by atoms with Crippen LogP contribution in [0.15, 0.2) is 28.8 Å². The third kappa shape index (κ3) is 3.32. The Bertz CT molecular complexity index is 575. The van der Waals surface area contributed by atoms with Gasteiger partial charge in [0.2, 0.25) is 5.82 Å². The summed E-state index contributed by atoms with van der Waals surface area (Å²) in [5.74, 6) is -0.220. The van der Waals surface area contributed by atoms with E-state index in [2.05, 4.69) is 10.1 Å². The zero-order valence-corrected chi connectivity index (χ0v) is 11.1. The maximum atomic E-state index is 12.4. The summed E-state index contributed by atoms with van der Waals surface area (Å²) in [6.45, 7) is 0. The molecule has 2 rings (SSSR count). The highest BCUT2D eigenvalue weighted by molar-refractivity contribution is 6.66. The quantitative estimate of drug-likeness (QED) is 0.718. The number of alkyl halides is 6. The minimum atomic E-state index is -4.41. The zero-order valence-electron chi connectivity index (χ0n) is 8.88. The zero-order chi connectivity index (χ0) is 14.3. The second-order valence-electron chi connectivity index (χ2n) is 3.50. The Hall–Kier alpha value is -0.980. The maximum Gasteiger partial charge on any atom is 0.416 e. The summed E-state index contributed by atoms with van der Waals surface area (Å²) in [6.07, 6.45) is -4.41. The molecule has 0 saturated heterocycles. The number of aromatic nitrogens is 2. The fraction of sp³-hybridized carbons (Fsp3) is 0.200. The van der Waals surface area contributed by atoms with Crippen molar-refractivity contribution in [1.82, 2.24) is 10.1 Å². The molecule has 0 N–H and O–H groups in total. The van der Waals surface area contributed by atoms with Crippen LogP contribution in [0.2, 0.25) is 0 Å². The fourth-order valence-corrected chi connectivity index (χ4v) is 1.49. The second kappa shape index (κ2) is 4.85. The molecule has 1 aromatic heterocycles. The van der Waals surface area contributed by atoms with E-state index in [-0.39, 0.29) is 11.7 Å². The normalized spacial score (nSPS) is 12.7. The first-order valence-corrected chi connectivity index (χ1v) is 5.90. The summed E-state index contributed by atoms with van der Waals surface area (Å²) in [4.78, 5) is 3.79. The number of nitrogens with zero attached hydrogens (tertiary/aromatic N) is 2. The van der Waals surface area contributed by atoms with Gasteiger partial charge in [-0.2, -0.15) is 18.2 Å². The molecular weight excluding hydrogens is 327 g/mol. The standard InChI is InChI=1S/C10H4Cl3F3N2O/c11-9(12,13)8-17-7(19-18-8)5-1-3-6(4-2-5)10(14,15)16/h1-4H. The van der Waals surface area contributed by atoms with Crippen molar-refractivity contribution in [2.75, 3.05) is 0 Å². The summed E-state index contributed by atoms with van der Waals surface area (Å²) in [5.41, 5.74) is -0.488. The summed E-state index contributed by atoms with van der Waals surface area (Å²) >= 11 is 16.6. The monoisotopic (exact) mass is 330 g/mol. The van der Waals surface area contributed by atoms with E-state index in [4.69, 9.17) is 39.3 Å². The van der Waals surface area contributed by atoms with Crippen molar-refractivity contribution in [2.45, 2.75) is 9.97 Å². The van der Waals surface area contributed by atoms with Crippen molar-refractivity contribution >= 4 is 34.8 Å². The summed E-state index contributed by atoms with van der Waals surface area (Å²) in [5, 5.41) is 3.43. The number of hydrogen-bond acceptors (Lipinski definition) is 3. The van der Waals surface area contributed by atoms with Crippen LogP contribution in [-0.2, 0) is 9.97 Å². The number of halogens is 6. The fourth-order valence-electron chi connectivity index (χ4n) is 1.26. The van der Waals surface area contributed by atoms with Crippen LogP contribution in [0.3, 0.4) is 0 Å². The van der Waals surface area contributed by atoms with Crippen LogP contribution in [0.25, 0.3) is 11.5 Å². The van der Waals surface area contributed by atoms with E-state index in [0.29, 0.717) is 5.56 Å². The van der Waals surface area contributed by atoms with Crippen molar-refractivity contribution in [1.29, 1.82) is 0 Å². The van der Waals surface area contributed by atoms with Crippen LogP contribution >= 0.6 is 34.8 Å². The summed E-state index contributed by atoms with van der Waals surface area (Å²) in [6, 6.07) is 4.18. The van der Waals surface area contributed by atoms with Crippen LogP contribution in [0.4, 0.5) is 13.2 Å². The van der Waals surface area contributed by atoms with E-state index in [0.717, 1.165) is 12.1 Å². The molecule has 0 bridgehead atoms. The van der Waals surface area contributed by atoms with Crippen molar-refractivity contribution in [3.8, 4) is 11.5 Å². The lowest BCUT2D eigenvalue weighted by atomic mass is 10.1. The number of rotatable bonds is 1. The lowest BCUT2D eigenvalue weighted by Gasteiger charge is -2.05. The van der Waals surface area contributed by atoms with E-state index < -0.39 is 15.5 Å². The Morgan fingerprint density at radius 2 is 1.58 bits per heavy atom. The highest BCUT2D eigenvalue weighted by Gasteiger charge is 2.31. The van der Waals surface area contributed by atoms with Gasteiger partial charge in [-0.15, -0.1) is 0 Å². The Morgan fingerprint density at radius 3 is 2.00 bits per heavy atom. The van der Waals surface area contributed by atoms with Crippen LogP contribution in [0.5, 0.6) is 0 Å². The molecule has 1 aromatic carbocycles. The highest BCUT2D eigenvalue weighted by Crippen LogP contribution is 2.37. The van der Waals surface area contributed by atoms with Crippen molar-refractivity contribution in [2.24, 2.45) is 0 Å². The van der Waals surface area contributed by atoms with E-state index in [1.165, 1.54) is 12.1 Å². The van der Waals surface area contributed by atoms with Gasteiger partial charge in [-0.05, 0) is 24.3 Å². The summed E-state index contributed by atoms with van der Waals surface area (Å²) < 4.78 is 40.1. The molecule has 2 aromatic rings. The van der Waals surface area contributed by atoms with Gasteiger partial charge in [-0.1, -0.05) is 40.0 Å². The van der Waals surface area contributed by atoms with Crippen molar-refractivity contribution in [3.05, 3.63) is 35.7 Å². The third-order valence-electron chi connectivity index (χ3n) is 2.14. The molecule has 102 valence electrons. The van der Waals surface area contributed by atoms with Crippen LogP contribution in [0.1, 0.15) is 11.4 Å². The number of benzene rings is 1. The molecule has 0 unspecified atom stereocenters. The van der Waals surface area contributed by atoms with Crippen LogP contribution in [0, 0.1) is 0 Å². The minimum absolute atomic E-state index is 0.0324. The van der Waals surface area contributed by atoms with Gasteiger partial charge in [-0.3, -0.25) is 0 Å². The molecule has 0 spiro atoms. The van der Waals surface area contributed by atoms with E-state index in [1.807, 2.05) is 0 Å². The molecule has 0 aliphatic heterocycles.